The molecule has 1 nitrogen and oxygen atoms in total. The van der Waals surface area contributed by atoms with Crippen LogP contribution in [0.1, 0.15) is 49.0 Å². The van der Waals surface area contributed by atoms with Crippen LogP contribution < -0.4 is 5.32 Å². The van der Waals surface area contributed by atoms with E-state index in [1.165, 1.54) is 16.7 Å². The number of hydrogen-bond donors (Lipinski definition) is 1. The van der Waals surface area contributed by atoms with Crippen LogP contribution >= 0.6 is 15.9 Å². The molecule has 0 aromatic heterocycles. The van der Waals surface area contributed by atoms with Gasteiger partial charge in [-0.3, -0.25) is 0 Å². The molecule has 2 aromatic carbocycles. The number of halogens is 1. The van der Waals surface area contributed by atoms with Crippen LogP contribution in [0.2, 0.25) is 0 Å². The lowest BCUT2D eigenvalue weighted by atomic mass is 10.0. The lowest BCUT2D eigenvalue weighted by Crippen LogP contribution is -2.24. The molecule has 2 atom stereocenters. The first kappa shape index (κ1) is 15.3. The molecule has 0 fully saturated rings. The van der Waals surface area contributed by atoms with E-state index in [9.17, 15) is 0 Å². The van der Waals surface area contributed by atoms with Crippen LogP contribution in [-0.2, 0) is 0 Å². The Labute approximate surface area is 130 Å². The second kappa shape index (κ2) is 7.05. The second-order valence-corrected chi connectivity index (χ2v) is 6.23. The monoisotopic (exact) mass is 331 g/mol. The normalized spacial score (nSPS) is 14.0. The van der Waals surface area contributed by atoms with Gasteiger partial charge in [0.1, 0.15) is 0 Å². The van der Waals surface area contributed by atoms with Crippen molar-refractivity contribution in [3.63, 3.8) is 0 Å². The van der Waals surface area contributed by atoms with Gasteiger partial charge in [0.15, 0.2) is 0 Å². The standard InChI is InChI=1S/C18H22BrN/c1-4-18(16-9-6-10-17(19)12-16)20-14(3)15-8-5-7-13(2)11-15/h5-12,14,18,20H,4H2,1-3H3/t14-,18?/m0/s1. The summed E-state index contributed by atoms with van der Waals surface area (Å²) in [7, 11) is 0. The highest BCUT2D eigenvalue weighted by molar-refractivity contribution is 9.10. The van der Waals surface area contributed by atoms with E-state index in [2.05, 4.69) is 90.5 Å². The summed E-state index contributed by atoms with van der Waals surface area (Å²) < 4.78 is 1.14. The van der Waals surface area contributed by atoms with E-state index in [0.717, 1.165) is 10.9 Å². The Morgan fingerprint density at radius 3 is 2.40 bits per heavy atom. The summed E-state index contributed by atoms with van der Waals surface area (Å²) in [4.78, 5) is 0. The molecule has 0 heterocycles. The molecule has 0 saturated carbocycles. The van der Waals surface area contributed by atoms with E-state index < -0.39 is 0 Å². The average Bonchev–Trinajstić information content (AvgIpc) is 2.44. The average molecular weight is 332 g/mol. The highest BCUT2D eigenvalue weighted by Crippen LogP contribution is 2.24. The first-order valence-electron chi connectivity index (χ1n) is 7.18. The molecule has 0 aliphatic rings. The summed E-state index contributed by atoms with van der Waals surface area (Å²) >= 11 is 3.55. The van der Waals surface area contributed by atoms with Gasteiger partial charge < -0.3 is 5.32 Å². The fraction of sp³-hybridized carbons (Fsp3) is 0.333. The second-order valence-electron chi connectivity index (χ2n) is 5.32. The molecule has 2 rings (SSSR count). The third-order valence-electron chi connectivity index (χ3n) is 3.65. The van der Waals surface area contributed by atoms with Crippen LogP contribution in [0.3, 0.4) is 0 Å². The van der Waals surface area contributed by atoms with E-state index in [1.54, 1.807) is 0 Å². The summed E-state index contributed by atoms with van der Waals surface area (Å²) in [5.74, 6) is 0. The van der Waals surface area contributed by atoms with Crippen molar-refractivity contribution in [2.45, 2.75) is 39.3 Å². The molecule has 0 aliphatic heterocycles. The molecule has 1 unspecified atom stereocenters. The van der Waals surface area contributed by atoms with Gasteiger partial charge in [0.25, 0.3) is 0 Å². The molecule has 0 radical (unpaired) electrons. The van der Waals surface area contributed by atoms with Gasteiger partial charge in [0.05, 0.1) is 0 Å². The third-order valence-corrected chi connectivity index (χ3v) is 4.15. The zero-order valence-corrected chi connectivity index (χ0v) is 13.9. The fourth-order valence-electron chi connectivity index (χ4n) is 2.51. The van der Waals surface area contributed by atoms with Crippen LogP contribution in [0.5, 0.6) is 0 Å². The van der Waals surface area contributed by atoms with E-state index in [0.29, 0.717) is 12.1 Å². The third kappa shape index (κ3) is 3.94. The minimum Gasteiger partial charge on any atom is -0.303 e. The van der Waals surface area contributed by atoms with E-state index in [4.69, 9.17) is 0 Å². The molecule has 2 heteroatoms. The predicted molar refractivity (Wildman–Crippen MR) is 89.9 cm³/mol. The molecule has 20 heavy (non-hydrogen) atoms. The molecule has 0 aliphatic carbocycles. The molecular formula is C18H22BrN. The van der Waals surface area contributed by atoms with Gasteiger partial charge in [0.2, 0.25) is 0 Å². The maximum absolute atomic E-state index is 3.73. The number of nitrogens with one attached hydrogen (secondary N) is 1. The first-order chi connectivity index (χ1) is 9.60. The maximum Gasteiger partial charge on any atom is 0.0323 e. The molecule has 0 saturated heterocycles. The Morgan fingerprint density at radius 2 is 1.75 bits per heavy atom. The lowest BCUT2D eigenvalue weighted by molar-refractivity contribution is 0.456. The summed E-state index contributed by atoms with van der Waals surface area (Å²) in [5, 5.41) is 3.73. The maximum atomic E-state index is 3.73. The minimum absolute atomic E-state index is 0.346. The predicted octanol–water partition coefficient (Wildman–Crippen LogP) is 5.56. The van der Waals surface area contributed by atoms with Crippen molar-refractivity contribution >= 4 is 15.9 Å². The van der Waals surface area contributed by atoms with Crippen molar-refractivity contribution in [1.29, 1.82) is 0 Å². The van der Waals surface area contributed by atoms with Crippen molar-refractivity contribution in [1.82, 2.24) is 5.32 Å². The zero-order chi connectivity index (χ0) is 14.5. The quantitative estimate of drug-likeness (QED) is 0.756. The summed E-state index contributed by atoms with van der Waals surface area (Å²) in [5.41, 5.74) is 3.99. The van der Waals surface area contributed by atoms with Crippen LogP contribution in [-0.4, -0.2) is 0 Å². The van der Waals surface area contributed by atoms with Crippen LogP contribution in [0, 0.1) is 6.92 Å². The van der Waals surface area contributed by atoms with Gasteiger partial charge >= 0.3 is 0 Å². The fourth-order valence-corrected chi connectivity index (χ4v) is 2.93. The minimum atomic E-state index is 0.346. The molecule has 2 aromatic rings. The Balaban J connectivity index is 2.14. The topological polar surface area (TPSA) is 12.0 Å². The van der Waals surface area contributed by atoms with Crippen molar-refractivity contribution in [2.75, 3.05) is 0 Å². The highest BCUT2D eigenvalue weighted by atomic mass is 79.9. The van der Waals surface area contributed by atoms with Crippen molar-refractivity contribution in [3.8, 4) is 0 Å². The molecular weight excluding hydrogens is 310 g/mol. The Hall–Kier alpha value is -1.12. The number of benzene rings is 2. The summed E-state index contributed by atoms with van der Waals surface area (Å²) in [6.07, 6.45) is 1.08. The number of hydrogen-bond acceptors (Lipinski definition) is 1. The van der Waals surface area contributed by atoms with Gasteiger partial charge in [-0.2, -0.15) is 0 Å². The summed E-state index contributed by atoms with van der Waals surface area (Å²) in [6, 6.07) is 18.0. The van der Waals surface area contributed by atoms with Gasteiger partial charge in [0, 0.05) is 16.6 Å². The lowest BCUT2D eigenvalue weighted by Gasteiger charge is -2.23. The van der Waals surface area contributed by atoms with Crippen molar-refractivity contribution in [2.24, 2.45) is 0 Å². The largest absolute Gasteiger partial charge is 0.303 e. The molecule has 0 amide bonds. The number of aryl methyl sites for hydroxylation is 1. The smallest absolute Gasteiger partial charge is 0.0323 e. The van der Waals surface area contributed by atoms with Crippen LogP contribution in [0.25, 0.3) is 0 Å². The Morgan fingerprint density at radius 1 is 1.05 bits per heavy atom. The van der Waals surface area contributed by atoms with Gasteiger partial charge in [-0.1, -0.05) is 64.8 Å². The number of rotatable bonds is 5. The highest BCUT2D eigenvalue weighted by Gasteiger charge is 2.14. The first-order valence-corrected chi connectivity index (χ1v) is 7.97. The van der Waals surface area contributed by atoms with Crippen LogP contribution in [0.4, 0.5) is 0 Å². The molecule has 0 bridgehead atoms. The van der Waals surface area contributed by atoms with Crippen molar-refractivity contribution in [3.05, 3.63) is 69.7 Å². The van der Waals surface area contributed by atoms with Gasteiger partial charge in [-0.15, -0.1) is 0 Å². The Kier molecular flexibility index (Phi) is 5.38. The van der Waals surface area contributed by atoms with Gasteiger partial charge in [-0.25, -0.2) is 0 Å². The van der Waals surface area contributed by atoms with E-state index in [1.807, 2.05) is 0 Å². The van der Waals surface area contributed by atoms with E-state index >= 15 is 0 Å². The molecule has 106 valence electrons. The molecule has 0 spiro atoms. The SMILES string of the molecule is CCC(N[C@@H](C)c1cccc(C)c1)c1cccc(Br)c1. The zero-order valence-electron chi connectivity index (χ0n) is 12.4. The molecule has 1 N–H and O–H groups in total. The van der Waals surface area contributed by atoms with E-state index in [-0.39, 0.29) is 0 Å². The van der Waals surface area contributed by atoms with Crippen molar-refractivity contribution < 1.29 is 0 Å². The summed E-state index contributed by atoms with van der Waals surface area (Å²) in [6.45, 7) is 6.60. The Bertz CT molecular complexity index is 565. The van der Waals surface area contributed by atoms with Crippen LogP contribution in [0.15, 0.2) is 53.0 Å². The van der Waals surface area contributed by atoms with Gasteiger partial charge in [-0.05, 0) is 43.5 Å².